The summed E-state index contributed by atoms with van der Waals surface area (Å²) in [4.78, 5) is 31.0. The monoisotopic (exact) mass is 419 g/mol. The summed E-state index contributed by atoms with van der Waals surface area (Å²) in [5.74, 6) is -0.0665. The Balaban J connectivity index is 1.43. The Kier molecular flexibility index (Phi) is 5.68. The van der Waals surface area contributed by atoms with Crippen LogP contribution >= 0.6 is 11.3 Å². The van der Waals surface area contributed by atoms with E-state index in [2.05, 4.69) is 29.5 Å². The van der Waals surface area contributed by atoms with Gasteiger partial charge in [0.05, 0.1) is 11.6 Å². The molecule has 2 aromatic carbocycles. The molecule has 5 nitrogen and oxygen atoms in total. The molecule has 0 fully saturated rings. The molecular weight excluding hydrogens is 394 g/mol. The number of hydrogen-bond donors (Lipinski definition) is 2. The molecule has 0 aliphatic heterocycles. The van der Waals surface area contributed by atoms with Crippen LogP contribution in [0.15, 0.2) is 48.5 Å². The first-order valence-corrected chi connectivity index (χ1v) is 11.0. The van der Waals surface area contributed by atoms with Crippen molar-refractivity contribution < 1.29 is 9.59 Å². The predicted octanol–water partition coefficient (Wildman–Crippen LogP) is 5.50. The zero-order valence-electron chi connectivity index (χ0n) is 17.4. The molecule has 1 aliphatic rings. The van der Waals surface area contributed by atoms with Crippen molar-refractivity contribution in [1.82, 2.24) is 4.98 Å². The zero-order chi connectivity index (χ0) is 21.3. The quantitative estimate of drug-likeness (QED) is 0.574. The summed E-state index contributed by atoms with van der Waals surface area (Å²) in [6.45, 7) is 6.27. The van der Waals surface area contributed by atoms with Crippen LogP contribution in [0.1, 0.15) is 64.2 Å². The van der Waals surface area contributed by atoms with Gasteiger partial charge in [0.25, 0.3) is 5.91 Å². The summed E-state index contributed by atoms with van der Waals surface area (Å²) in [6.07, 6.45) is 1.55. The molecule has 0 bridgehead atoms. The third-order valence-electron chi connectivity index (χ3n) is 5.41. The maximum Gasteiger partial charge on any atom is 0.257 e. The van der Waals surface area contributed by atoms with Crippen molar-refractivity contribution in [3.63, 3.8) is 0 Å². The number of rotatable bonds is 5. The van der Waals surface area contributed by atoms with E-state index < -0.39 is 0 Å². The van der Waals surface area contributed by atoms with Gasteiger partial charge in [-0.05, 0) is 55.5 Å². The molecule has 0 radical (unpaired) electrons. The van der Waals surface area contributed by atoms with E-state index in [-0.39, 0.29) is 17.7 Å². The lowest BCUT2D eigenvalue weighted by Gasteiger charge is -2.12. The molecule has 30 heavy (non-hydrogen) atoms. The van der Waals surface area contributed by atoms with Crippen molar-refractivity contribution in [3.05, 3.63) is 75.8 Å². The van der Waals surface area contributed by atoms with Crippen molar-refractivity contribution in [2.45, 2.75) is 45.4 Å². The first-order valence-electron chi connectivity index (χ1n) is 10.2. The first-order chi connectivity index (χ1) is 14.4. The topological polar surface area (TPSA) is 71.1 Å². The van der Waals surface area contributed by atoms with Crippen molar-refractivity contribution in [1.29, 1.82) is 0 Å². The van der Waals surface area contributed by atoms with Crippen LogP contribution in [0.4, 0.5) is 10.8 Å². The highest BCUT2D eigenvalue weighted by molar-refractivity contribution is 7.16. The molecule has 154 valence electrons. The Bertz CT molecular complexity index is 1070. The van der Waals surface area contributed by atoms with Crippen LogP contribution in [0.5, 0.6) is 0 Å². The molecular formula is C24H25N3O2S. The Morgan fingerprint density at radius 3 is 2.40 bits per heavy atom. The molecule has 2 amide bonds. The third kappa shape index (κ3) is 4.28. The van der Waals surface area contributed by atoms with E-state index >= 15 is 0 Å². The third-order valence-corrected chi connectivity index (χ3v) is 6.46. The lowest BCUT2D eigenvalue weighted by atomic mass is 10.0. The number of amides is 2. The fourth-order valence-electron chi connectivity index (χ4n) is 3.59. The Labute approximate surface area is 180 Å². The molecule has 1 aliphatic carbocycles. The van der Waals surface area contributed by atoms with E-state index in [0.29, 0.717) is 16.6 Å². The molecule has 1 heterocycles. The van der Waals surface area contributed by atoms with E-state index in [0.717, 1.165) is 34.7 Å². The van der Waals surface area contributed by atoms with Crippen molar-refractivity contribution >= 4 is 34.0 Å². The van der Waals surface area contributed by atoms with Crippen LogP contribution in [-0.4, -0.2) is 16.8 Å². The van der Waals surface area contributed by atoms with Gasteiger partial charge in [-0.25, -0.2) is 4.98 Å². The number of carbonyl (C=O) groups excluding carboxylic acids is 2. The van der Waals surface area contributed by atoms with Crippen molar-refractivity contribution in [2.75, 3.05) is 10.6 Å². The lowest BCUT2D eigenvalue weighted by molar-refractivity contribution is -0.117. The number of benzene rings is 2. The number of anilines is 2. The summed E-state index contributed by atoms with van der Waals surface area (Å²) in [5, 5.41) is 6.43. The second-order valence-corrected chi connectivity index (χ2v) is 9.09. The van der Waals surface area contributed by atoms with Crippen LogP contribution in [-0.2, 0) is 11.2 Å². The number of nitrogens with zero attached hydrogens (tertiary/aromatic N) is 1. The number of thiazole rings is 1. The van der Waals surface area contributed by atoms with Gasteiger partial charge in [-0.3, -0.25) is 14.9 Å². The van der Waals surface area contributed by atoms with Gasteiger partial charge in [0.1, 0.15) is 0 Å². The van der Waals surface area contributed by atoms with Crippen molar-refractivity contribution in [3.8, 4) is 0 Å². The first kappa shape index (κ1) is 20.3. The van der Waals surface area contributed by atoms with Gasteiger partial charge < -0.3 is 5.32 Å². The lowest BCUT2D eigenvalue weighted by Crippen LogP contribution is -2.20. The van der Waals surface area contributed by atoms with Crippen LogP contribution in [0.3, 0.4) is 0 Å². The Morgan fingerprint density at radius 1 is 1.03 bits per heavy atom. The van der Waals surface area contributed by atoms with Crippen LogP contribution < -0.4 is 10.6 Å². The Hall–Kier alpha value is -2.99. The van der Waals surface area contributed by atoms with Gasteiger partial charge in [0.2, 0.25) is 5.91 Å². The van der Waals surface area contributed by atoms with E-state index in [9.17, 15) is 9.59 Å². The summed E-state index contributed by atoms with van der Waals surface area (Å²) in [5.41, 5.74) is 4.52. The minimum absolute atomic E-state index is 0.0484. The minimum Gasteiger partial charge on any atom is -0.326 e. The van der Waals surface area contributed by atoms with Gasteiger partial charge in [-0.1, -0.05) is 43.7 Å². The normalized spacial score (nSPS) is 15.1. The molecule has 4 rings (SSSR count). The molecule has 0 saturated carbocycles. The number of fused-ring (bicyclic) bond motifs is 1. The molecule has 1 aromatic heterocycles. The van der Waals surface area contributed by atoms with E-state index in [1.807, 2.05) is 43.3 Å². The maximum atomic E-state index is 12.8. The van der Waals surface area contributed by atoms with Crippen LogP contribution in [0.2, 0.25) is 0 Å². The highest BCUT2D eigenvalue weighted by Crippen LogP contribution is 2.39. The van der Waals surface area contributed by atoms with E-state index in [1.54, 1.807) is 12.1 Å². The fourth-order valence-corrected chi connectivity index (χ4v) is 4.62. The van der Waals surface area contributed by atoms with Crippen LogP contribution in [0, 0.1) is 6.92 Å². The standard InChI is InChI=1S/C24H25N3O2S/c1-14(2)16-8-10-18(11-9-16)25-23(29)19-12-13-20-21(19)26-24(30-20)27-22(28)17-6-4-15(3)5-7-17/h4-11,14,19H,12-13H2,1-3H3,(H,25,29)(H,26,27,28). The van der Waals surface area contributed by atoms with Gasteiger partial charge in [0.15, 0.2) is 5.13 Å². The number of carbonyl (C=O) groups is 2. The van der Waals surface area contributed by atoms with Gasteiger partial charge in [-0.15, -0.1) is 11.3 Å². The molecule has 1 atom stereocenters. The molecule has 0 spiro atoms. The molecule has 6 heteroatoms. The molecule has 0 saturated heterocycles. The fraction of sp³-hybridized carbons (Fsp3) is 0.292. The second-order valence-electron chi connectivity index (χ2n) is 8.00. The van der Waals surface area contributed by atoms with E-state index in [1.165, 1.54) is 16.9 Å². The Morgan fingerprint density at radius 2 is 1.73 bits per heavy atom. The average Bonchev–Trinajstić information content (AvgIpc) is 3.29. The van der Waals surface area contributed by atoms with Crippen LogP contribution in [0.25, 0.3) is 0 Å². The highest BCUT2D eigenvalue weighted by Gasteiger charge is 2.33. The van der Waals surface area contributed by atoms with Gasteiger partial charge in [-0.2, -0.15) is 0 Å². The minimum atomic E-state index is -0.286. The number of aromatic nitrogens is 1. The molecule has 2 N–H and O–H groups in total. The SMILES string of the molecule is Cc1ccc(C(=O)Nc2nc3c(s2)CCC3C(=O)Nc2ccc(C(C)C)cc2)cc1. The number of nitrogens with one attached hydrogen (secondary N) is 2. The van der Waals surface area contributed by atoms with Gasteiger partial charge in [0, 0.05) is 16.1 Å². The zero-order valence-corrected chi connectivity index (χ0v) is 18.2. The largest absolute Gasteiger partial charge is 0.326 e. The number of hydrogen-bond acceptors (Lipinski definition) is 4. The van der Waals surface area contributed by atoms with Crippen molar-refractivity contribution in [2.24, 2.45) is 0 Å². The smallest absolute Gasteiger partial charge is 0.257 e. The summed E-state index contributed by atoms with van der Waals surface area (Å²) >= 11 is 1.46. The molecule has 3 aromatic rings. The average molecular weight is 420 g/mol. The maximum absolute atomic E-state index is 12.8. The van der Waals surface area contributed by atoms with E-state index in [4.69, 9.17) is 0 Å². The summed E-state index contributed by atoms with van der Waals surface area (Å²) < 4.78 is 0. The highest BCUT2D eigenvalue weighted by atomic mass is 32.1. The second kappa shape index (κ2) is 8.40. The van der Waals surface area contributed by atoms with Gasteiger partial charge >= 0.3 is 0 Å². The predicted molar refractivity (Wildman–Crippen MR) is 121 cm³/mol. The molecule has 1 unspecified atom stereocenters. The number of aryl methyl sites for hydroxylation is 2. The summed E-state index contributed by atoms with van der Waals surface area (Å²) in [6, 6.07) is 15.4. The summed E-state index contributed by atoms with van der Waals surface area (Å²) in [7, 11) is 0.